The molecule has 0 aliphatic heterocycles. The van der Waals surface area contributed by atoms with Crippen molar-refractivity contribution in [3.05, 3.63) is 24.0 Å². The third-order valence-corrected chi connectivity index (χ3v) is 1.21. The molecule has 5 nitrogen and oxygen atoms in total. The molecule has 0 unspecified atom stereocenters. The molecule has 0 aliphatic carbocycles. The Bertz CT molecular complexity index is 299. The van der Waals surface area contributed by atoms with E-state index in [4.69, 9.17) is 5.73 Å². The highest BCUT2D eigenvalue weighted by atomic mass is 16.1. The van der Waals surface area contributed by atoms with E-state index in [1.807, 2.05) is 0 Å². The van der Waals surface area contributed by atoms with Gasteiger partial charge in [0.05, 0.1) is 12.0 Å². The molecule has 0 radical (unpaired) electrons. The van der Waals surface area contributed by atoms with Gasteiger partial charge in [-0.05, 0) is 12.1 Å². The Hall–Kier alpha value is -1.91. The Kier molecular flexibility index (Phi) is 2.78. The number of carbonyl (C=O) groups excluding carboxylic acids is 1. The Balaban J connectivity index is 2.95. The monoisotopic (exact) mass is 164 g/mol. The van der Waals surface area contributed by atoms with E-state index in [-0.39, 0.29) is 5.84 Å². The Morgan fingerprint density at radius 1 is 1.67 bits per heavy atom. The summed E-state index contributed by atoms with van der Waals surface area (Å²) in [7, 11) is 0. The van der Waals surface area contributed by atoms with Gasteiger partial charge in [-0.2, -0.15) is 4.99 Å². The standard InChI is InChI=1S/C7H8N4O/c8-4-10-7(11-5-12)6-2-1-3-9-6/h1-5,9H,(H2,8,10,11,12). The average molecular weight is 164 g/mol. The quantitative estimate of drug-likeness (QED) is 0.363. The van der Waals surface area contributed by atoms with Crippen LogP contribution in [0.4, 0.5) is 0 Å². The molecule has 12 heavy (non-hydrogen) atoms. The highest BCUT2D eigenvalue weighted by Gasteiger charge is 1.99. The van der Waals surface area contributed by atoms with Crippen LogP contribution in [0.25, 0.3) is 0 Å². The first-order chi connectivity index (χ1) is 5.88. The molecule has 1 aromatic rings. The molecule has 0 saturated heterocycles. The van der Waals surface area contributed by atoms with Crippen LogP contribution in [0.2, 0.25) is 0 Å². The number of aliphatic imine (C=N–C) groups is 2. The molecule has 1 heterocycles. The van der Waals surface area contributed by atoms with Crippen LogP contribution >= 0.6 is 0 Å². The maximum absolute atomic E-state index is 10.1. The lowest BCUT2D eigenvalue weighted by molar-refractivity contribution is -0.106. The smallest absolute Gasteiger partial charge is 0.235 e. The number of hydrogen-bond acceptors (Lipinski definition) is 1. The first-order valence-electron chi connectivity index (χ1n) is 3.28. The molecule has 62 valence electrons. The number of nitrogens with zero attached hydrogens (tertiary/aromatic N) is 2. The van der Waals surface area contributed by atoms with Crippen LogP contribution in [0, 0.1) is 0 Å². The van der Waals surface area contributed by atoms with Crippen molar-refractivity contribution in [3.63, 3.8) is 0 Å². The predicted octanol–water partition coefficient (Wildman–Crippen LogP) is -0.0953. The van der Waals surface area contributed by atoms with E-state index in [1.54, 1.807) is 18.3 Å². The van der Waals surface area contributed by atoms with Gasteiger partial charge in [-0.1, -0.05) is 0 Å². The molecular weight excluding hydrogens is 156 g/mol. The number of amidine groups is 1. The van der Waals surface area contributed by atoms with Gasteiger partial charge in [-0.3, -0.25) is 4.79 Å². The highest BCUT2D eigenvalue weighted by Crippen LogP contribution is 1.97. The summed E-state index contributed by atoms with van der Waals surface area (Å²) in [6, 6.07) is 3.52. The minimum atomic E-state index is 0.275. The fourth-order valence-electron chi connectivity index (χ4n) is 0.762. The van der Waals surface area contributed by atoms with E-state index < -0.39 is 0 Å². The van der Waals surface area contributed by atoms with Gasteiger partial charge in [0, 0.05) is 6.20 Å². The van der Waals surface area contributed by atoms with Gasteiger partial charge in [-0.15, -0.1) is 0 Å². The molecule has 5 heteroatoms. The van der Waals surface area contributed by atoms with E-state index in [1.165, 1.54) is 0 Å². The first kappa shape index (κ1) is 8.19. The summed E-state index contributed by atoms with van der Waals surface area (Å²) >= 11 is 0. The second-order valence-electron chi connectivity index (χ2n) is 1.92. The minimum absolute atomic E-state index is 0.275. The molecule has 1 amide bonds. The second-order valence-corrected chi connectivity index (χ2v) is 1.92. The van der Waals surface area contributed by atoms with Crippen LogP contribution < -0.4 is 5.73 Å². The number of carbonyl (C=O) groups is 1. The third kappa shape index (κ3) is 1.79. The summed E-state index contributed by atoms with van der Waals surface area (Å²) in [5, 5.41) is 0. The summed E-state index contributed by atoms with van der Waals surface area (Å²) in [6.07, 6.45) is 3.22. The van der Waals surface area contributed by atoms with E-state index in [0.717, 1.165) is 6.34 Å². The van der Waals surface area contributed by atoms with Crippen molar-refractivity contribution in [2.24, 2.45) is 15.7 Å². The second kappa shape index (κ2) is 4.07. The number of aromatic nitrogens is 1. The minimum Gasteiger partial charge on any atom is -0.390 e. The molecule has 0 bridgehead atoms. The van der Waals surface area contributed by atoms with Gasteiger partial charge in [-0.25, -0.2) is 4.99 Å². The lowest BCUT2D eigenvalue weighted by Gasteiger charge is -1.92. The summed E-state index contributed by atoms with van der Waals surface area (Å²) in [5.41, 5.74) is 5.72. The number of nitrogens with two attached hydrogens (primary N) is 1. The molecule has 0 spiro atoms. The van der Waals surface area contributed by atoms with Crippen molar-refractivity contribution in [3.8, 4) is 0 Å². The van der Waals surface area contributed by atoms with E-state index >= 15 is 0 Å². The fourth-order valence-corrected chi connectivity index (χ4v) is 0.762. The maximum atomic E-state index is 10.1. The molecule has 0 atom stereocenters. The lowest BCUT2D eigenvalue weighted by atomic mass is 10.4. The summed E-state index contributed by atoms with van der Waals surface area (Å²) in [4.78, 5) is 20.1. The normalized spacial score (nSPS) is 12.2. The van der Waals surface area contributed by atoms with Crippen LogP contribution in [0.3, 0.4) is 0 Å². The summed E-state index contributed by atoms with van der Waals surface area (Å²) in [5.74, 6) is 0.275. The van der Waals surface area contributed by atoms with Gasteiger partial charge in [0.2, 0.25) is 6.41 Å². The summed E-state index contributed by atoms with van der Waals surface area (Å²) < 4.78 is 0. The molecule has 3 N–H and O–H groups in total. The van der Waals surface area contributed by atoms with Gasteiger partial charge < -0.3 is 10.7 Å². The van der Waals surface area contributed by atoms with Crippen LogP contribution in [-0.4, -0.2) is 23.6 Å². The number of rotatable bonds is 2. The zero-order valence-electron chi connectivity index (χ0n) is 6.27. The van der Waals surface area contributed by atoms with Gasteiger partial charge in [0.15, 0.2) is 5.84 Å². The first-order valence-corrected chi connectivity index (χ1v) is 3.28. The average Bonchev–Trinajstić information content (AvgIpc) is 2.56. The van der Waals surface area contributed by atoms with E-state index in [9.17, 15) is 4.79 Å². The Labute approximate surface area is 69.0 Å². The molecule has 1 aromatic heterocycles. The van der Waals surface area contributed by atoms with Crippen molar-refractivity contribution in [1.29, 1.82) is 0 Å². The van der Waals surface area contributed by atoms with Crippen molar-refractivity contribution in [2.45, 2.75) is 0 Å². The van der Waals surface area contributed by atoms with Crippen molar-refractivity contribution in [2.75, 3.05) is 0 Å². The van der Waals surface area contributed by atoms with Crippen LogP contribution in [-0.2, 0) is 4.79 Å². The zero-order valence-corrected chi connectivity index (χ0v) is 6.27. The molecule has 0 aliphatic rings. The van der Waals surface area contributed by atoms with Crippen LogP contribution in [0.15, 0.2) is 28.3 Å². The van der Waals surface area contributed by atoms with Crippen molar-refractivity contribution < 1.29 is 4.79 Å². The Morgan fingerprint density at radius 3 is 3.00 bits per heavy atom. The Morgan fingerprint density at radius 2 is 2.50 bits per heavy atom. The van der Waals surface area contributed by atoms with Crippen LogP contribution in [0.1, 0.15) is 5.69 Å². The SMILES string of the molecule is NC=NC(=NC=O)c1ccc[nH]1. The molecule has 1 rings (SSSR count). The lowest BCUT2D eigenvalue weighted by Crippen LogP contribution is -2.01. The fraction of sp³-hybridized carbons (Fsp3) is 0. The highest BCUT2D eigenvalue weighted by molar-refractivity contribution is 6.04. The molecule has 0 saturated carbocycles. The maximum Gasteiger partial charge on any atom is 0.235 e. The molecule has 0 aromatic carbocycles. The van der Waals surface area contributed by atoms with Crippen molar-refractivity contribution in [1.82, 2.24) is 4.98 Å². The van der Waals surface area contributed by atoms with Crippen LogP contribution in [0.5, 0.6) is 0 Å². The predicted molar refractivity (Wildman–Crippen MR) is 46.1 cm³/mol. The van der Waals surface area contributed by atoms with Gasteiger partial charge >= 0.3 is 0 Å². The number of amides is 1. The number of nitrogens with one attached hydrogen (secondary N) is 1. The number of H-pyrrole nitrogens is 1. The molecular formula is C7H8N4O. The van der Waals surface area contributed by atoms with Gasteiger partial charge in [0.1, 0.15) is 0 Å². The van der Waals surface area contributed by atoms with Gasteiger partial charge in [0.25, 0.3) is 0 Å². The third-order valence-electron chi connectivity index (χ3n) is 1.21. The topological polar surface area (TPSA) is 83.6 Å². The zero-order chi connectivity index (χ0) is 8.81. The summed E-state index contributed by atoms with van der Waals surface area (Å²) in [6.45, 7) is 0. The van der Waals surface area contributed by atoms with E-state index in [0.29, 0.717) is 12.1 Å². The number of hydrogen-bond donors (Lipinski definition) is 2. The van der Waals surface area contributed by atoms with E-state index in [2.05, 4.69) is 15.0 Å². The molecule has 0 fully saturated rings. The number of aromatic amines is 1. The largest absolute Gasteiger partial charge is 0.390 e. The van der Waals surface area contributed by atoms with Crippen molar-refractivity contribution >= 4 is 18.6 Å².